The van der Waals surface area contributed by atoms with Crippen LogP contribution in [0.2, 0.25) is 0 Å². The maximum atomic E-state index is 13.0. The van der Waals surface area contributed by atoms with E-state index in [1.54, 1.807) is 13.0 Å². The summed E-state index contributed by atoms with van der Waals surface area (Å²) in [7, 11) is 0. The maximum absolute atomic E-state index is 13.0. The second-order valence-corrected chi connectivity index (χ2v) is 4.11. The molecule has 7 heteroatoms. The molecule has 0 atom stereocenters. The van der Waals surface area contributed by atoms with Gasteiger partial charge in [0.15, 0.2) is 0 Å². The van der Waals surface area contributed by atoms with Gasteiger partial charge in [-0.25, -0.2) is 8.78 Å². The molecule has 0 saturated carbocycles. The first kappa shape index (κ1) is 15.5. The zero-order valence-electron chi connectivity index (χ0n) is 10.1. The summed E-state index contributed by atoms with van der Waals surface area (Å²) >= 11 is 3.14. The van der Waals surface area contributed by atoms with Crippen LogP contribution in [0.25, 0.3) is 0 Å². The molecule has 1 aromatic rings. The minimum absolute atomic E-state index is 0.109. The molecule has 0 aliphatic rings. The van der Waals surface area contributed by atoms with Gasteiger partial charge in [-0.05, 0) is 13.0 Å². The zero-order valence-corrected chi connectivity index (χ0v) is 11.7. The smallest absolute Gasteiger partial charge is 0.311 e. The van der Waals surface area contributed by atoms with Gasteiger partial charge in [0, 0.05) is 5.33 Å². The molecule has 1 aromatic heterocycles. The monoisotopic (exact) mass is 332 g/mol. The average molecular weight is 333 g/mol. The van der Waals surface area contributed by atoms with E-state index in [2.05, 4.69) is 20.9 Å². The van der Waals surface area contributed by atoms with Crippen molar-refractivity contribution in [3.63, 3.8) is 0 Å². The Morgan fingerprint density at radius 1 is 1.63 bits per heavy atom. The van der Waals surface area contributed by atoms with E-state index < -0.39 is 18.0 Å². The molecule has 0 bridgehead atoms. The highest BCUT2D eigenvalue weighted by Crippen LogP contribution is 2.27. The summed E-state index contributed by atoms with van der Waals surface area (Å²) in [6.07, 6.45) is -3.24. The second kappa shape index (κ2) is 7.14. The topological polar surface area (TPSA) is 63.0 Å². The third-order valence-corrected chi connectivity index (χ3v) is 2.86. The molecule has 102 valence electrons. The third-order valence-electron chi connectivity index (χ3n) is 2.28. The van der Waals surface area contributed by atoms with Crippen molar-refractivity contribution in [3.8, 4) is 6.07 Å². The van der Waals surface area contributed by atoms with Gasteiger partial charge >= 0.3 is 5.97 Å². The van der Waals surface area contributed by atoms with Crippen molar-refractivity contribution >= 4 is 21.9 Å². The number of carbonyl (C=O) groups is 1. The van der Waals surface area contributed by atoms with Crippen LogP contribution in [-0.2, 0) is 21.3 Å². The van der Waals surface area contributed by atoms with Crippen molar-refractivity contribution in [2.45, 2.75) is 25.1 Å². The number of hydrogen-bond donors (Lipinski definition) is 0. The molecule has 0 aliphatic heterocycles. The number of esters is 1. The quantitative estimate of drug-likeness (QED) is 0.614. The molecule has 0 amide bonds. The van der Waals surface area contributed by atoms with Crippen molar-refractivity contribution in [1.82, 2.24) is 4.98 Å². The van der Waals surface area contributed by atoms with Gasteiger partial charge in [0.05, 0.1) is 41.6 Å². The molecule has 1 heterocycles. The lowest BCUT2D eigenvalue weighted by Gasteiger charge is -2.11. The van der Waals surface area contributed by atoms with Crippen molar-refractivity contribution in [1.29, 1.82) is 5.26 Å². The Bertz CT molecular complexity index is 515. The summed E-state index contributed by atoms with van der Waals surface area (Å²) in [4.78, 5) is 15.3. The van der Waals surface area contributed by atoms with Crippen LogP contribution in [0.3, 0.4) is 0 Å². The SMILES string of the molecule is CCOC(=O)Cc1nc(CBr)cc(C#N)c1C(F)F. The summed E-state index contributed by atoms with van der Waals surface area (Å²) < 4.78 is 30.7. The van der Waals surface area contributed by atoms with E-state index in [0.29, 0.717) is 11.0 Å². The Morgan fingerprint density at radius 2 is 2.32 bits per heavy atom. The standard InChI is InChI=1S/C12H11BrF2N2O2/c1-2-19-10(18)4-9-11(12(14)15)7(6-16)3-8(5-13)17-9/h3,12H,2,4-5H2,1H3. The van der Waals surface area contributed by atoms with Gasteiger partial charge in [-0.15, -0.1) is 0 Å². The molecule has 0 aliphatic carbocycles. The molecule has 0 spiro atoms. The first-order valence-electron chi connectivity index (χ1n) is 5.46. The minimum Gasteiger partial charge on any atom is -0.466 e. The van der Waals surface area contributed by atoms with Crippen LogP contribution in [-0.4, -0.2) is 17.6 Å². The van der Waals surface area contributed by atoms with E-state index >= 15 is 0 Å². The molecule has 0 fully saturated rings. The number of carbonyl (C=O) groups excluding carboxylic acids is 1. The minimum atomic E-state index is -2.86. The van der Waals surface area contributed by atoms with Crippen molar-refractivity contribution < 1.29 is 18.3 Å². The van der Waals surface area contributed by atoms with E-state index in [1.165, 1.54) is 6.07 Å². The Kier molecular flexibility index (Phi) is 5.83. The molecule has 19 heavy (non-hydrogen) atoms. The Balaban J connectivity index is 3.26. The molecule has 0 unspecified atom stereocenters. The first-order valence-corrected chi connectivity index (χ1v) is 6.58. The van der Waals surface area contributed by atoms with Gasteiger partial charge in [0.1, 0.15) is 0 Å². The number of nitrogens with zero attached hydrogens (tertiary/aromatic N) is 2. The van der Waals surface area contributed by atoms with Crippen LogP contribution in [0.4, 0.5) is 8.78 Å². The maximum Gasteiger partial charge on any atom is 0.311 e. The number of alkyl halides is 3. The first-order chi connectivity index (χ1) is 9.03. The Morgan fingerprint density at radius 3 is 2.79 bits per heavy atom. The molecular weight excluding hydrogens is 322 g/mol. The van der Waals surface area contributed by atoms with E-state index in [0.717, 1.165) is 0 Å². The predicted molar refractivity (Wildman–Crippen MR) is 66.9 cm³/mol. The normalized spacial score (nSPS) is 10.3. The Labute approximate surface area is 117 Å². The fourth-order valence-electron chi connectivity index (χ4n) is 1.55. The van der Waals surface area contributed by atoms with E-state index in [1.807, 2.05) is 0 Å². The van der Waals surface area contributed by atoms with Gasteiger partial charge in [-0.2, -0.15) is 5.26 Å². The Hall–Kier alpha value is -1.55. The van der Waals surface area contributed by atoms with Crippen LogP contribution in [0.5, 0.6) is 0 Å². The number of rotatable bonds is 5. The van der Waals surface area contributed by atoms with Gasteiger partial charge < -0.3 is 4.74 Å². The summed E-state index contributed by atoms with van der Waals surface area (Å²) in [6, 6.07) is 2.99. The van der Waals surface area contributed by atoms with Crippen LogP contribution in [0.15, 0.2) is 6.07 Å². The highest BCUT2D eigenvalue weighted by Gasteiger charge is 2.22. The molecule has 1 rings (SSSR count). The fraction of sp³-hybridized carbons (Fsp3) is 0.417. The highest BCUT2D eigenvalue weighted by molar-refractivity contribution is 9.08. The number of halogens is 3. The van der Waals surface area contributed by atoms with Gasteiger partial charge in [0.25, 0.3) is 6.43 Å². The van der Waals surface area contributed by atoms with E-state index in [4.69, 9.17) is 10.00 Å². The summed E-state index contributed by atoms with van der Waals surface area (Å²) in [5.74, 6) is -0.646. The molecule has 0 aromatic carbocycles. The summed E-state index contributed by atoms with van der Waals surface area (Å²) in [5, 5.41) is 9.21. The lowest BCUT2D eigenvalue weighted by Crippen LogP contribution is -2.13. The van der Waals surface area contributed by atoms with Gasteiger partial charge in [-0.3, -0.25) is 9.78 Å². The van der Waals surface area contributed by atoms with E-state index in [9.17, 15) is 13.6 Å². The second-order valence-electron chi connectivity index (χ2n) is 3.55. The van der Waals surface area contributed by atoms with E-state index in [-0.39, 0.29) is 24.3 Å². The number of aromatic nitrogens is 1. The van der Waals surface area contributed by atoms with Gasteiger partial charge in [0.2, 0.25) is 0 Å². The van der Waals surface area contributed by atoms with Crippen LogP contribution in [0, 0.1) is 11.3 Å². The largest absolute Gasteiger partial charge is 0.466 e. The third kappa shape index (κ3) is 3.96. The van der Waals surface area contributed by atoms with Crippen LogP contribution < -0.4 is 0 Å². The molecule has 0 radical (unpaired) electrons. The van der Waals surface area contributed by atoms with Crippen LogP contribution in [0.1, 0.15) is 35.9 Å². The number of hydrogen-bond acceptors (Lipinski definition) is 4. The lowest BCUT2D eigenvalue weighted by molar-refractivity contribution is -0.142. The zero-order chi connectivity index (χ0) is 14.4. The molecule has 0 N–H and O–H groups in total. The summed E-state index contributed by atoms with van der Waals surface area (Å²) in [6.45, 7) is 1.78. The summed E-state index contributed by atoms with van der Waals surface area (Å²) in [5.41, 5.74) is -0.360. The highest BCUT2D eigenvalue weighted by atomic mass is 79.9. The molecule has 4 nitrogen and oxygen atoms in total. The van der Waals surface area contributed by atoms with Crippen molar-refractivity contribution in [2.24, 2.45) is 0 Å². The lowest BCUT2D eigenvalue weighted by atomic mass is 10.0. The van der Waals surface area contributed by atoms with Crippen molar-refractivity contribution in [3.05, 3.63) is 28.6 Å². The number of nitriles is 1. The number of pyridine rings is 1. The molecular formula is C12H11BrF2N2O2. The average Bonchev–Trinajstić information content (AvgIpc) is 2.37. The van der Waals surface area contributed by atoms with Crippen molar-refractivity contribution in [2.75, 3.05) is 6.61 Å². The molecule has 0 saturated heterocycles. The predicted octanol–water partition coefficient (Wildman–Crippen LogP) is 2.89. The van der Waals surface area contributed by atoms with Crippen LogP contribution >= 0.6 is 15.9 Å². The fourth-order valence-corrected chi connectivity index (χ4v) is 1.84. The van der Waals surface area contributed by atoms with Gasteiger partial charge in [-0.1, -0.05) is 15.9 Å². The number of ether oxygens (including phenoxy) is 1.